The zero-order valence-electron chi connectivity index (χ0n) is 10.4. The molecule has 0 aliphatic heterocycles. The summed E-state index contributed by atoms with van der Waals surface area (Å²) in [5.41, 5.74) is 7.24. The number of fused-ring (bicyclic) bond motifs is 1. The van der Waals surface area contributed by atoms with Crippen LogP contribution in [0.5, 0.6) is 0 Å². The molecule has 0 aliphatic rings. The minimum atomic E-state index is 0.266. The summed E-state index contributed by atoms with van der Waals surface area (Å²) in [7, 11) is 0. The van der Waals surface area contributed by atoms with E-state index in [2.05, 4.69) is 30.1 Å². The number of aromatic nitrogens is 1. The molecule has 2 N–H and O–H groups in total. The number of hydrogen-bond donors (Lipinski definition) is 1. The van der Waals surface area contributed by atoms with Crippen LogP contribution in [0, 0.1) is 0 Å². The molecular weight excluding hydrogens is 228 g/mol. The number of rotatable bonds is 6. The molecule has 1 atom stereocenters. The van der Waals surface area contributed by atoms with E-state index in [0.717, 1.165) is 18.4 Å². The number of nitrogens with two attached hydrogens (primary N) is 1. The van der Waals surface area contributed by atoms with Crippen molar-refractivity contribution in [3.8, 4) is 0 Å². The Morgan fingerprint density at radius 1 is 1.29 bits per heavy atom. The van der Waals surface area contributed by atoms with E-state index in [4.69, 9.17) is 5.73 Å². The van der Waals surface area contributed by atoms with E-state index in [1.54, 1.807) is 11.3 Å². The number of nitrogens with zero attached hydrogens (tertiary/aromatic N) is 1. The topological polar surface area (TPSA) is 38.9 Å². The van der Waals surface area contributed by atoms with Gasteiger partial charge in [0.2, 0.25) is 0 Å². The van der Waals surface area contributed by atoms with Gasteiger partial charge in [-0.1, -0.05) is 38.3 Å². The Labute approximate surface area is 107 Å². The van der Waals surface area contributed by atoms with E-state index in [9.17, 15) is 0 Å². The largest absolute Gasteiger partial charge is 0.327 e. The molecule has 1 unspecified atom stereocenters. The molecule has 0 amide bonds. The molecule has 0 saturated heterocycles. The molecule has 17 heavy (non-hydrogen) atoms. The Bertz CT molecular complexity index is 431. The van der Waals surface area contributed by atoms with E-state index in [1.165, 1.54) is 29.0 Å². The Balaban J connectivity index is 1.93. The van der Waals surface area contributed by atoms with Gasteiger partial charge in [0.15, 0.2) is 0 Å². The number of thiazole rings is 1. The highest BCUT2D eigenvalue weighted by molar-refractivity contribution is 7.18. The molecule has 0 spiro atoms. The first-order valence-corrected chi connectivity index (χ1v) is 7.21. The van der Waals surface area contributed by atoms with Crippen LogP contribution < -0.4 is 5.73 Å². The van der Waals surface area contributed by atoms with Gasteiger partial charge in [0.05, 0.1) is 15.2 Å². The number of hydrogen-bond acceptors (Lipinski definition) is 3. The number of para-hydroxylation sites is 1. The second-order valence-corrected chi connectivity index (χ2v) is 5.65. The van der Waals surface area contributed by atoms with Gasteiger partial charge in [-0.25, -0.2) is 4.98 Å². The van der Waals surface area contributed by atoms with Crippen LogP contribution in [0.3, 0.4) is 0 Å². The van der Waals surface area contributed by atoms with Crippen molar-refractivity contribution >= 4 is 21.6 Å². The van der Waals surface area contributed by atoms with Gasteiger partial charge in [-0.2, -0.15) is 0 Å². The summed E-state index contributed by atoms with van der Waals surface area (Å²) in [5, 5.41) is 1.18. The summed E-state index contributed by atoms with van der Waals surface area (Å²) in [4.78, 5) is 4.62. The zero-order chi connectivity index (χ0) is 12.1. The highest BCUT2D eigenvalue weighted by Crippen LogP contribution is 2.22. The van der Waals surface area contributed by atoms with Crippen molar-refractivity contribution in [2.45, 2.75) is 45.1 Å². The van der Waals surface area contributed by atoms with Crippen LogP contribution in [-0.2, 0) is 6.42 Å². The van der Waals surface area contributed by atoms with E-state index in [1.807, 2.05) is 6.07 Å². The molecule has 92 valence electrons. The number of benzene rings is 1. The summed E-state index contributed by atoms with van der Waals surface area (Å²) in [6, 6.07) is 8.55. The standard InChI is InChI=1S/C14H20N2S/c1-2-3-4-7-11(15)10-14-16-12-8-5-6-9-13(12)17-14/h5-6,8-9,11H,2-4,7,10,15H2,1H3. The Hall–Kier alpha value is -0.930. The lowest BCUT2D eigenvalue weighted by Crippen LogP contribution is -2.22. The SMILES string of the molecule is CCCCCC(N)Cc1nc2ccccc2s1. The first-order valence-electron chi connectivity index (χ1n) is 6.39. The van der Waals surface area contributed by atoms with Gasteiger partial charge in [0.1, 0.15) is 0 Å². The van der Waals surface area contributed by atoms with Crippen molar-refractivity contribution in [1.82, 2.24) is 4.98 Å². The molecule has 1 aromatic carbocycles. The third-order valence-corrected chi connectivity index (χ3v) is 4.01. The van der Waals surface area contributed by atoms with Crippen molar-refractivity contribution in [2.24, 2.45) is 5.73 Å². The molecular formula is C14H20N2S. The maximum atomic E-state index is 6.13. The van der Waals surface area contributed by atoms with Crippen molar-refractivity contribution in [2.75, 3.05) is 0 Å². The minimum Gasteiger partial charge on any atom is -0.327 e. The third kappa shape index (κ3) is 3.51. The predicted octanol–water partition coefficient (Wildman–Crippen LogP) is 3.75. The van der Waals surface area contributed by atoms with Crippen LogP contribution in [-0.4, -0.2) is 11.0 Å². The van der Waals surface area contributed by atoms with Gasteiger partial charge in [0, 0.05) is 12.5 Å². The van der Waals surface area contributed by atoms with Gasteiger partial charge in [-0.05, 0) is 18.6 Å². The first-order chi connectivity index (χ1) is 8.29. The molecule has 3 heteroatoms. The van der Waals surface area contributed by atoms with E-state index in [0.29, 0.717) is 0 Å². The minimum absolute atomic E-state index is 0.266. The van der Waals surface area contributed by atoms with Gasteiger partial charge in [-0.3, -0.25) is 0 Å². The highest BCUT2D eigenvalue weighted by atomic mass is 32.1. The van der Waals surface area contributed by atoms with Crippen molar-refractivity contribution in [3.63, 3.8) is 0 Å². The summed E-state index contributed by atoms with van der Waals surface area (Å²) in [5.74, 6) is 0. The monoisotopic (exact) mass is 248 g/mol. The van der Waals surface area contributed by atoms with Crippen LogP contribution in [0.4, 0.5) is 0 Å². The molecule has 0 fully saturated rings. The Kier molecular flexibility index (Phi) is 4.51. The van der Waals surface area contributed by atoms with Crippen LogP contribution in [0.2, 0.25) is 0 Å². The molecule has 1 aromatic heterocycles. The second kappa shape index (κ2) is 6.12. The fourth-order valence-electron chi connectivity index (χ4n) is 1.99. The zero-order valence-corrected chi connectivity index (χ0v) is 11.2. The van der Waals surface area contributed by atoms with Crippen molar-refractivity contribution < 1.29 is 0 Å². The summed E-state index contributed by atoms with van der Waals surface area (Å²) < 4.78 is 1.27. The van der Waals surface area contributed by atoms with Gasteiger partial charge >= 0.3 is 0 Å². The normalized spacial score (nSPS) is 13.1. The smallest absolute Gasteiger partial charge is 0.0954 e. The highest BCUT2D eigenvalue weighted by Gasteiger charge is 2.08. The van der Waals surface area contributed by atoms with Crippen LogP contribution in [0.1, 0.15) is 37.6 Å². The molecule has 0 saturated carbocycles. The average molecular weight is 248 g/mol. The molecule has 1 heterocycles. The lowest BCUT2D eigenvalue weighted by molar-refractivity contribution is 0.557. The average Bonchev–Trinajstić information content (AvgIpc) is 2.71. The lowest BCUT2D eigenvalue weighted by atomic mass is 10.1. The Morgan fingerprint density at radius 3 is 2.88 bits per heavy atom. The van der Waals surface area contributed by atoms with Gasteiger partial charge in [-0.15, -0.1) is 11.3 Å². The predicted molar refractivity (Wildman–Crippen MR) is 75.4 cm³/mol. The van der Waals surface area contributed by atoms with Gasteiger partial charge in [0.25, 0.3) is 0 Å². The van der Waals surface area contributed by atoms with E-state index < -0.39 is 0 Å². The van der Waals surface area contributed by atoms with Crippen LogP contribution in [0.25, 0.3) is 10.2 Å². The van der Waals surface area contributed by atoms with Crippen molar-refractivity contribution in [3.05, 3.63) is 29.3 Å². The molecule has 0 bridgehead atoms. The summed E-state index contributed by atoms with van der Waals surface area (Å²) in [6.45, 7) is 2.22. The molecule has 2 nitrogen and oxygen atoms in total. The molecule has 0 aliphatic carbocycles. The molecule has 0 radical (unpaired) electrons. The van der Waals surface area contributed by atoms with Crippen LogP contribution in [0.15, 0.2) is 24.3 Å². The van der Waals surface area contributed by atoms with E-state index >= 15 is 0 Å². The lowest BCUT2D eigenvalue weighted by Gasteiger charge is -2.08. The van der Waals surface area contributed by atoms with Gasteiger partial charge < -0.3 is 5.73 Å². The number of unbranched alkanes of at least 4 members (excludes halogenated alkanes) is 2. The third-order valence-electron chi connectivity index (χ3n) is 2.95. The summed E-state index contributed by atoms with van der Waals surface area (Å²) >= 11 is 1.77. The Morgan fingerprint density at radius 2 is 2.12 bits per heavy atom. The van der Waals surface area contributed by atoms with E-state index in [-0.39, 0.29) is 6.04 Å². The quantitative estimate of drug-likeness (QED) is 0.791. The first kappa shape index (κ1) is 12.5. The molecule has 2 rings (SSSR count). The second-order valence-electron chi connectivity index (χ2n) is 4.54. The fraction of sp³-hybridized carbons (Fsp3) is 0.500. The summed E-state index contributed by atoms with van der Waals surface area (Å²) in [6.07, 6.45) is 5.82. The molecule has 2 aromatic rings. The maximum absolute atomic E-state index is 6.13. The fourth-order valence-corrected chi connectivity index (χ4v) is 3.05. The van der Waals surface area contributed by atoms with Crippen LogP contribution >= 0.6 is 11.3 Å². The maximum Gasteiger partial charge on any atom is 0.0954 e. The van der Waals surface area contributed by atoms with Crippen molar-refractivity contribution in [1.29, 1.82) is 0 Å².